The zero-order valence-electron chi connectivity index (χ0n) is 10.4. The molecule has 94 valence electrons. The van der Waals surface area contributed by atoms with Crippen LogP contribution >= 0.6 is 0 Å². The minimum absolute atomic E-state index is 0.281. The van der Waals surface area contributed by atoms with Gasteiger partial charge in [0.1, 0.15) is 6.23 Å². The van der Waals surface area contributed by atoms with Gasteiger partial charge in [-0.15, -0.1) is 0 Å². The third kappa shape index (κ3) is 8.64. The lowest BCUT2D eigenvalue weighted by Gasteiger charge is -2.15. The second kappa shape index (κ2) is 10.9. The highest BCUT2D eigenvalue weighted by molar-refractivity contribution is 6.44. The Bertz CT molecular complexity index is 198. The first-order chi connectivity index (χ1) is 7.74. The summed E-state index contributed by atoms with van der Waals surface area (Å²) in [6.07, 6.45) is 5.22. The van der Waals surface area contributed by atoms with Crippen LogP contribution in [0.3, 0.4) is 0 Å². The van der Waals surface area contributed by atoms with E-state index in [1.165, 1.54) is 6.08 Å². The van der Waals surface area contributed by atoms with Crippen LogP contribution in [-0.4, -0.2) is 34.7 Å². The molecule has 0 spiro atoms. The summed E-state index contributed by atoms with van der Waals surface area (Å²) in [6, 6.07) is 0. The number of ether oxygens (including phenoxy) is 1. The summed E-state index contributed by atoms with van der Waals surface area (Å²) < 4.78 is 16.1. The average Bonchev–Trinajstić information content (AvgIpc) is 2.28. The fourth-order valence-corrected chi connectivity index (χ4v) is 2.56. The highest BCUT2D eigenvalue weighted by Crippen LogP contribution is 1.95. The highest BCUT2D eigenvalue weighted by atomic mass is 28.3. The summed E-state index contributed by atoms with van der Waals surface area (Å²) in [7, 11) is -1.83. The van der Waals surface area contributed by atoms with Gasteiger partial charge in [-0.3, -0.25) is 0 Å². The lowest BCUT2D eigenvalue weighted by Crippen LogP contribution is -2.31. The largest absolute Gasteiger partial charge is 0.461 e. The molecule has 0 aliphatic rings. The van der Waals surface area contributed by atoms with Crippen molar-refractivity contribution in [2.45, 2.75) is 33.6 Å². The summed E-state index contributed by atoms with van der Waals surface area (Å²) in [5.41, 5.74) is 0. The standard InChI is InChI=1S/C11H22O4Si/c1-4-7-11(12)13-10-16(14-8-5-2)15-9-6-3/h4,7,16H,5-6,8-10H2,1-3H3. The van der Waals surface area contributed by atoms with Crippen LogP contribution < -0.4 is 0 Å². The van der Waals surface area contributed by atoms with Gasteiger partial charge in [-0.2, -0.15) is 0 Å². The first-order valence-corrected chi connectivity index (χ1v) is 7.53. The van der Waals surface area contributed by atoms with E-state index in [1.807, 2.05) is 13.8 Å². The first kappa shape index (κ1) is 15.3. The third-order valence-electron chi connectivity index (χ3n) is 1.68. The molecule has 0 amide bonds. The average molecular weight is 246 g/mol. The highest BCUT2D eigenvalue weighted by Gasteiger charge is 2.15. The molecule has 0 saturated heterocycles. The van der Waals surface area contributed by atoms with Gasteiger partial charge in [0.25, 0.3) is 0 Å². The fraction of sp³-hybridized carbons (Fsp3) is 0.727. The molecule has 0 aromatic carbocycles. The van der Waals surface area contributed by atoms with Crippen LogP contribution in [0.4, 0.5) is 0 Å². The maximum Gasteiger partial charge on any atom is 0.360 e. The molecule has 0 radical (unpaired) electrons. The van der Waals surface area contributed by atoms with Gasteiger partial charge >= 0.3 is 15.3 Å². The first-order valence-electron chi connectivity index (χ1n) is 5.77. The molecular formula is C11H22O4Si. The maximum absolute atomic E-state index is 11.1. The second-order valence-corrected chi connectivity index (χ2v) is 5.16. The van der Waals surface area contributed by atoms with Crippen molar-refractivity contribution in [3.05, 3.63) is 12.2 Å². The van der Waals surface area contributed by atoms with E-state index in [4.69, 9.17) is 13.6 Å². The molecule has 4 nitrogen and oxygen atoms in total. The zero-order chi connectivity index (χ0) is 12.2. The Labute approximate surface area is 99.4 Å². The van der Waals surface area contributed by atoms with Crippen molar-refractivity contribution in [3.8, 4) is 0 Å². The summed E-state index contributed by atoms with van der Waals surface area (Å²) in [5.74, 6) is -0.333. The minimum atomic E-state index is -1.83. The Morgan fingerprint density at radius 2 is 1.75 bits per heavy atom. The minimum Gasteiger partial charge on any atom is -0.461 e. The third-order valence-corrected chi connectivity index (χ3v) is 3.33. The Morgan fingerprint density at radius 3 is 2.19 bits per heavy atom. The molecule has 0 aromatic rings. The quantitative estimate of drug-likeness (QED) is 0.353. The Balaban J connectivity index is 3.84. The molecule has 0 saturated carbocycles. The van der Waals surface area contributed by atoms with E-state index in [0.717, 1.165) is 12.8 Å². The number of carbonyl (C=O) groups excluding carboxylic acids is 1. The topological polar surface area (TPSA) is 44.8 Å². The van der Waals surface area contributed by atoms with Crippen molar-refractivity contribution in [2.24, 2.45) is 0 Å². The second-order valence-electron chi connectivity index (χ2n) is 3.30. The van der Waals surface area contributed by atoms with Crippen LogP contribution in [-0.2, 0) is 18.4 Å². The van der Waals surface area contributed by atoms with Crippen molar-refractivity contribution in [1.82, 2.24) is 0 Å². The van der Waals surface area contributed by atoms with Crippen molar-refractivity contribution < 1.29 is 18.4 Å². The van der Waals surface area contributed by atoms with E-state index >= 15 is 0 Å². The molecule has 0 heterocycles. The van der Waals surface area contributed by atoms with E-state index in [1.54, 1.807) is 13.0 Å². The molecule has 0 atom stereocenters. The van der Waals surface area contributed by atoms with Gasteiger partial charge in [-0.1, -0.05) is 19.9 Å². The Hall–Kier alpha value is -0.653. The van der Waals surface area contributed by atoms with Crippen LogP contribution in [0.2, 0.25) is 0 Å². The van der Waals surface area contributed by atoms with E-state index in [9.17, 15) is 4.79 Å². The molecular weight excluding hydrogens is 224 g/mol. The molecule has 16 heavy (non-hydrogen) atoms. The number of allylic oxidation sites excluding steroid dienone is 1. The van der Waals surface area contributed by atoms with Crippen LogP contribution in [0.5, 0.6) is 0 Å². The summed E-state index contributed by atoms with van der Waals surface area (Å²) >= 11 is 0. The van der Waals surface area contributed by atoms with E-state index < -0.39 is 9.28 Å². The lowest BCUT2D eigenvalue weighted by molar-refractivity contribution is -0.136. The molecule has 0 N–H and O–H groups in total. The van der Waals surface area contributed by atoms with Crippen LogP contribution in [0.25, 0.3) is 0 Å². The molecule has 0 fully saturated rings. The molecule has 0 aliphatic heterocycles. The predicted molar refractivity (Wildman–Crippen MR) is 65.4 cm³/mol. The Kier molecular flexibility index (Phi) is 10.4. The van der Waals surface area contributed by atoms with Crippen LogP contribution in [0.15, 0.2) is 12.2 Å². The van der Waals surface area contributed by atoms with Gasteiger partial charge in [0.05, 0.1) is 0 Å². The Morgan fingerprint density at radius 1 is 1.19 bits per heavy atom. The van der Waals surface area contributed by atoms with Crippen molar-refractivity contribution in [3.63, 3.8) is 0 Å². The SMILES string of the molecule is CC=CC(=O)OC[SiH](OCCC)OCCC. The van der Waals surface area contributed by atoms with E-state index in [0.29, 0.717) is 13.2 Å². The molecule has 0 rings (SSSR count). The van der Waals surface area contributed by atoms with Gasteiger partial charge < -0.3 is 13.6 Å². The molecule has 0 bridgehead atoms. The van der Waals surface area contributed by atoms with Gasteiger partial charge in [0.15, 0.2) is 0 Å². The van der Waals surface area contributed by atoms with Crippen molar-refractivity contribution in [2.75, 3.05) is 19.4 Å². The zero-order valence-corrected chi connectivity index (χ0v) is 11.6. The summed E-state index contributed by atoms with van der Waals surface area (Å²) in [5, 5.41) is 0. The number of carbonyl (C=O) groups is 1. The predicted octanol–water partition coefficient (Wildman–Crippen LogP) is 1.72. The fourth-order valence-electron chi connectivity index (χ4n) is 0.977. The molecule has 0 aromatic heterocycles. The molecule has 0 unspecified atom stereocenters. The van der Waals surface area contributed by atoms with Gasteiger partial charge in [0.2, 0.25) is 0 Å². The number of esters is 1. The number of rotatable bonds is 9. The molecule has 0 aliphatic carbocycles. The van der Waals surface area contributed by atoms with Gasteiger partial charge in [-0.05, 0) is 19.8 Å². The van der Waals surface area contributed by atoms with Crippen LogP contribution in [0, 0.1) is 0 Å². The molecule has 5 heteroatoms. The number of hydrogen-bond acceptors (Lipinski definition) is 4. The van der Waals surface area contributed by atoms with Gasteiger partial charge in [0, 0.05) is 19.3 Å². The van der Waals surface area contributed by atoms with Gasteiger partial charge in [-0.25, -0.2) is 4.79 Å². The smallest absolute Gasteiger partial charge is 0.360 e. The van der Waals surface area contributed by atoms with Crippen LogP contribution in [0.1, 0.15) is 33.6 Å². The van der Waals surface area contributed by atoms with E-state index in [-0.39, 0.29) is 12.2 Å². The van der Waals surface area contributed by atoms with E-state index in [2.05, 4.69) is 0 Å². The van der Waals surface area contributed by atoms with Crippen molar-refractivity contribution >= 4 is 15.3 Å². The van der Waals surface area contributed by atoms with Crippen molar-refractivity contribution in [1.29, 1.82) is 0 Å². The maximum atomic E-state index is 11.1. The lowest BCUT2D eigenvalue weighted by atomic mass is 10.5. The number of hydrogen-bond donors (Lipinski definition) is 0. The summed E-state index contributed by atoms with van der Waals surface area (Å²) in [6.45, 7) is 7.19. The summed E-state index contributed by atoms with van der Waals surface area (Å²) in [4.78, 5) is 11.1. The monoisotopic (exact) mass is 246 g/mol. The normalized spacial score (nSPS) is 11.2.